The van der Waals surface area contributed by atoms with E-state index in [0.717, 1.165) is 0 Å². The fourth-order valence-corrected chi connectivity index (χ4v) is 1.89. The molecule has 2 rings (SSSR count). The zero-order valence-electron chi connectivity index (χ0n) is 13.6. The van der Waals surface area contributed by atoms with Crippen molar-refractivity contribution >= 4 is 17.6 Å². The highest BCUT2D eigenvalue weighted by atomic mass is 16.5. The Labute approximate surface area is 139 Å². The SMILES string of the molecule is COc1cc(NC(=O)C(C)OC(=O)c2ccncc2)cc(OC)c1. The number of amides is 1. The molecule has 0 bridgehead atoms. The average molecular weight is 330 g/mol. The van der Waals surface area contributed by atoms with Crippen LogP contribution in [0.4, 0.5) is 5.69 Å². The van der Waals surface area contributed by atoms with Gasteiger partial charge in [0.1, 0.15) is 11.5 Å². The van der Waals surface area contributed by atoms with Gasteiger partial charge in [0, 0.05) is 36.3 Å². The van der Waals surface area contributed by atoms with Crippen LogP contribution in [0.2, 0.25) is 0 Å². The van der Waals surface area contributed by atoms with E-state index in [1.165, 1.54) is 45.7 Å². The van der Waals surface area contributed by atoms with Crippen LogP contribution in [-0.2, 0) is 9.53 Å². The van der Waals surface area contributed by atoms with E-state index in [-0.39, 0.29) is 0 Å². The second-order valence-electron chi connectivity index (χ2n) is 4.87. The molecular formula is C17H18N2O5. The predicted octanol–water partition coefficient (Wildman–Crippen LogP) is 2.28. The van der Waals surface area contributed by atoms with Gasteiger partial charge in [0.2, 0.25) is 0 Å². The van der Waals surface area contributed by atoms with Gasteiger partial charge >= 0.3 is 5.97 Å². The molecule has 0 aliphatic rings. The standard InChI is InChI=1S/C17H18N2O5/c1-11(24-17(21)12-4-6-18-7-5-12)16(20)19-13-8-14(22-2)10-15(9-13)23-3/h4-11H,1-3H3,(H,19,20). The molecule has 0 spiro atoms. The Kier molecular flexibility index (Phi) is 5.73. The molecule has 1 unspecified atom stereocenters. The fraction of sp³-hybridized carbons (Fsp3) is 0.235. The third-order valence-electron chi connectivity index (χ3n) is 3.19. The largest absolute Gasteiger partial charge is 0.497 e. The van der Waals surface area contributed by atoms with Crippen LogP contribution in [0.1, 0.15) is 17.3 Å². The first-order chi connectivity index (χ1) is 11.5. The van der Waals surface area contributed by atoms with Crippen molar-refractivity contribution in [2.45, 2.75) is 13.0 Å². The summed E-state index contributed by atoms with van der Waals surface area (Å²) in [5.41, 5.74) is 0.802. The summed E-state index contributed by atoms with van der Waals surface area (Å²) in [5.74, 6) is 0.00755. The highest BCUT2D eigenvalue weighted by Crippen LogP contribution is 2.25. The number of methoxy groups -OCH3 is 2. The van der Waals surface area contributed by atoms with E-state index in [4.69, 9.17) is 14.2 Å². The summed E-state index contributed by atoms with van der Waals surface area (Å²) in [4.78, 5) is 28.0. The molecular weight excluding hydrogens is 312 g/mol. The normalized spacial score (nSPS) is 11.3. The first-order valence-electron chi connectivity index (χ1n) is 7.18. The second kappa shape index (κ2) is 7.96. The molecule has 0 aliphatic heterocycles. The Morgan fingerprint density at radius 2 is 1.62 bits per heavy atom. The summed E-state index contributed by atoms with van der Waals surface area (Å²) in [6.07, 6.45) is 1.98. The smallest absolute Gasteiger partial charge is 0.339 e. The third kappa shape index (κ3) is 4.45. The van der Waals surface area contributed by atoms with Crippen LogP contribution < -0.4 is 14.8 Å². The van der Waals surface area contributed by atoms with E-state index in [1.807, 2.05) is 0 Å². The molecule has 0 saturated carbocycles. The van der Waals surface area contributed by atoms with Crippen LogP contribution >= 0.6 is 0 Å². The molecule has 7 nitrogen and oxygen atoms in total. The third-order valence-corrected chi connectivity index (χ3v) is 3.19. The summed E-state index contributed by atoms with van der Waals surface area (Å²) in [5, 5.41) is 2.66. The summed E-state index contributed by atoms with van der Waals surface area (Å²) < 4.78 is 15.4. The van der Waals surface area contributed by atoms with Crippen LogP contribution in [0.3, 0.4) is 0 Å². The number of hydrogen-bond donors (Lipinski definition) is 1. The number of esters is 1. The summed E-state index contributed by atoms with van der Waals surface area (Å²) >= 11 is 0. The van der Waals surface area contributed by atoms with Gasteiger partial charge in [-0.25, -0.2) is 4.79 Å². The molecule has 1 amide bonds. The van der Waals surface area contributed by atoms with Gasteiger partial charge in [-0.2, -0.15) is 0 Å². The van der Waals surface area contributed by atoms with Crippen LogP contribution in [0.25, 0.3) is 0 Å². The highest BCUT2D eigenvalue weighted by Gasteiger charge is 2.19. The maximum atomic E-state index is 12.2. The fourth-order valence-electron chi connectivity index (χ4n) is 1.89. The van der Waals surface area contributed by atoms with E-state index in [0.29, 0.717) is 22.7 Å². The van der Waals surface area contributed by atoms with Crippen LogP contribution in [-0.4, -0.2) is 37.2 Å². The Balaban J connectivity index is 2.02. The van der Waals surface area contributed by atoms with Crippen LogP contribution in [0.15, 0.2) is 42.7 Å². The molecule has 1 atom stereocenters. The Hall–Kier alpha value is -3.09. The molecule has 1 aromatic carbocycles. The lowest BCUT2D eigenvalue weighted by Gasteiger charge is -2.14. The minimum absolute atomic E-state index is 0.327. The molecule has 0 aliphatic carbocycles. The summed E-state index contributed by atoms with van der Waals surface area (Å²) in [6.45, 7) is 1.49. The van der Waals surface area contributed by atoms with Crippen molar-refractivity contribution in [2.75, 3.05) is 19.5 Å². The van der Waals surface area contributed by atoms with E-state index in [9.17, 15) is 9.59 Å². The number of ether oxygens (including phenoxy) is 3. The van der Waals surface area contributed by atoms with E-state index >= 15 is 0 Å². The highest BCUT2D eigenvalue weighted by molar-refractivity contribution is 5.97. The molecule has 2 aromatic rings. The molecule has 126 valence electrons. The molecule has 1 N–H and O–H groups in total. The monoisotopic (exact) mass is 330 g/mol. The van der Waals surface area contributed by atoms with E-state index < -0.39 is 18.0 Å². The zero-order chi connectivity index (χ0) is 17.5. The minimum atomic E-state index is -0.970. The first kappa shape index (κ1) is 17.3. The van der Waals surface area contributed by atoms with Crippen LogP contribution in [0.5, 0.6) is 11.5 Å². The second-order valence-corrected chi connectivity index (χ2v) is 4.87. The van der Waals surface area contributed by atoms with Gasteiger partial charge in [-0.15, -0.1) is 0 Å². The van der Waals surface area contributed by atoms with Crippen molar-refractivity contribution in [1.29, 1.82) is 0 Å². The Morgan fingerprint density at radius 1 is 1.04 bits per heavy atom. The molecule has 0 radical (unpaired) electrons. The number of carbonyl (C=O) groups is 2. The molecule has 1 heterocycles. The number of hydrogen-bond acceptors (Lipinski definition) is 6. The number of carbonyl (C=O) groups excluding carboxylic acids is 2. The Morgan fingerprint density at radius 3 is 2.17 bits per heavy atom. The maximum Gasteiger partial charge on any atom is 0.339 e. The molecule has 7 heteroatoms. The van der Waals surface area contributed by atoms with Crippen molar-refractivity contribution < 1.29 is 23.8 Å². The van der Waals surface area contributed by atoms with Crippen molar-refractivity contribution in [2.24, 2.45) is 0 Å². The lowest BCUT2D eigenvalue weighted by Crippen LogP contribution is -2.30. The zero-order valence-corrected chi connectivity index (χ0v) is 13.6. The van der Waals surface area contributed by atoms with Gasteiger partial charge in [-0.3, -0.25) is 9.78 Å². The minimum Gasteiger partial charge on any atom is -0.497 e. The number of nitrogens with one attached hydrogen (secondary N) is 1. The number of pyridine rings is 1. The number of anilines is 1. The number of rotatable bonds is 6. The predicted molar refractivity (Wildman–Crippen MR) is 87.3 cm³/mol. The van der Waals surface area contributed by atoms with E-state index in [2.05, 4.69) is 10.3 Å². The van der Waals surface area contributed by atoms with Crippen molar-refractivity contribution in [1.82, 2.24) is 4.98 Å². The lowest BCUT2D eigenvalue weighted by atomic mass is 10.2. The van der Waals surface area contributed by atoms with E-state index in [1.54, 1.807) is 18.2 Å². The summed E-state index contributed by atoms with van der Waals surface area (Å²) in [6, 6.07) is 7.98. The maximum absolute atomic E-state index is 12.2. The first-order valence-corrected chi connectivity index (χ1v) is 7.18. The molecule has 1 aromatic heterocycles. The number of benzene rings is 1. The number of aromatic nitrogens is 1. The van der Waals surface area contributed by atoms with Gasteiger partial charge in [0.05, 0.1) is 19.8 Å². The summed E-state index contributed by atoms with van der Waals surface area (Å²) in [7, 11) is 3.03. The van der Waals surface area contributed by atoms with Gasteiger partial charge < -0.3 is 19.5 Å². The van der Waals surface area contributed by atoms with Crippen molar-refractivity contribution in [3.8, 4) is 11.5 Å². The lowest BCUT2D eigenvalue weighted by molar-refractivity contribution is -0.123. The quantitative estimate of drug-likeness (QED) is 0.818. The molecule has 0 fully saturated rings. The van der Waals surface area contributed by atoms with Crippen LogP contribution in [0, 0.1) is 0 Å². The topological polar surface area (TPSA) is 86.8 Å². The molecule has 0 saturated heterocycles. The van der Waals surface area contributed by atoms with Gasteiger partial charge in [-0.1, -0.05) is 0 Å². The van der Waals surface area contributed by atoms with Crippen molar-refractivity contribution in [3.05, 3.63) is 48.3 Å². The van der Waals surface area contributed by atoms with Crippen molar-refractivity contribution in [3.63, 3.8) is 0 Å². The van der Waals surface area contributed by atoms with Gasteiger partial charge in [0.15, 0.2) is 6.10 Å². The Bertz CT molecular complexity index is 696. The number of nitrogens with zero attached hydrogens (tertiary/aromatic N) is 1. The molecule has 24 heavy (non-hydrogen) atoms. The average Bonchev–Trinajstić information content (AvgIpc) is 2.61. The van der Waals surface area contributed by atoms with Gasteiger partial charge in [0.25, 0.3) is 5.91 Å². The van der Waals surface area contributed by atoms with Gasteiger partial charge in [-0.05, 0) is 19.1 Å².